The molecular weight excluding hydrogens is 224 g/mol. The van der Waals surface area contributed by atoms with E-state index in [9.17, 15) is 12.9 Å². The zero-order chi connectivity index (χ0) is 10.9. The van der Waals surface area contributed by atoms with Crippen LogP contribution < -0.4 is 4.90 Å². The first-order valence-electron chi connectivity index (χ1n) is 4.92. The smallest absolute Gasteiger partial charge is 0.449 e. The summed E-state index contributed by atoms with van der Waals surface area (Å²) in [6.45, 7) is -3.71. The van der Waals surface area contributed by atoms with E-state index >= 15 is 0 Å². The zero-order valence-electron chi connectivity index (χ0n) is 8.07. The van der Waals surface area contributed by atoms with Gasteiger partial charge in [-0.05, 0) is 0 Å². The Bertz CT molecular complexity index is 306. The predicted molar refractivity (Wildman–Crippen MR) is 56.4 cm³/mol. The summed E-state index contributed by atoms with van der Waals surface area (Å²) in [5.74, 6) is -1.07. The summed E-state index contributed by atoms with van der Waals surface area (Å²) in [6, 6.07) is 0. The van der Waals surface area contributed by atoms with Crippen LogP contribution in [0.1, 0.15) is 12.8 Å². The highest BCUT2D eigenvalue weighted by molar-refractivity contribution is 7.13. The maximum absolute atomic E-state index is 12.4. The van der Waals surface area contributed by atoms with Gasteiger partial charge in [-0.2, -0.15) is 0 Å². The Morgan fingerprint density at radius 1 is 1.33 bits per heavy atom. The van der Waals surface area contributed by atoms with E-state index in [2.05, 4.69) is 4.98 Å². The fourth-order valence-electron chi connectivity index (χ4n) is 1.84. The Morgan fingerprint density at radius 3 is 2.47 bits per heavy atom. The van der Waals surface area contributed by atoms with Crippen LogP contribution in [-0.2, 0) is 0 Å². The minimum absolute atomic E-state index is 0.211. The Hall–Kier alpha value is -0.715. The van der Waals surface area contributed by atoms with Crippen molar-refractivity contribution in [2.75, 3.05) is 18.0 Å². The highest BCUT2D eigenvalue weighted by atomic mass is 32.1. The first kappa shape index (κ1) is 10.8. The summed E-state index contributed by atoms with van der Waals surface area (Å²) in [4.78, 5) is 6.03. The van der Waals surface area contributed by atoms with Gasteiger partial charge in [0, 0.05) is 24.7 Å². The molecule has 0 atom stereocenters. The van der Waals surface area contributed by atoms with Crippen LogP contribution >= 0.6 is 11.3 Å². The van der Waals surface area contributed by atoms with Gasteiger partial charge in [-0.1, -0.05) is 18.7 Å². The second-order valence-electron chi connectivity index (χ2n) is 3.76. The second-order valence-corrected chi connectivity index (χ2v) is 4.64. The van der Waals surface area contributed by atoms with E-state index in [4.69, 9.17) is 0 Å². The van der Waals surface area contributed by atoms with E-state index in [1.807, 2.05) is 10.3 Å². The standard InChI is InChI=1S/C8H11BF3N2S/c10-9(11,12)7-1-4-14(5-2-7)8-13-3-6-15-8/h3,6-7H,1-2,4-5H2/q-1. The van der Waals surface area contributed by atoms with Crippen molar-refractivity contribution in [2.45, 2.75) is 18.7 Å². The van der Waals surface area contributed by atoms with Gasteiger partial charge in [0.05, 0.1) is 0 Å². The molecule has 84 valence electrons. The number of piperidine rings is 1. The highest BCUT2D eigenvalue weighted by Gasteiger charge is 2.36. The Labute approximate surface area is 90.2 Å². The van der Waals surface area contributed by atoms with Crippen molar-refractivity contribution >= 4 is 23.4 Å². The predicted octanol–water partition coefficient (Wildman–Crippen LogP) is 2.96. The van der Waals surface area contributed by atoms with Gasteiger partial charge in [0.25, 0.3) is 0 Å². The van der Waals surface area contributed by atoms with Crippen LogP contribution in [0, 0.1) is 0 Å². The third-order valence-corrected chi connectivity index (χ3v) is 3.60. The normalized spacial score (nSPS) is 19.5. The quantitative estimate of drug-likeness (QED) is 0.732. The fourth-order valence-corrected chi connectivity index (χ4v) is 2.54. The molecule has 1 saturated heterocycles. The van der Waals surface area contributed by atoms with Gasteiger partial charge in [0.1, 0.15) is 0 Å². The molecule has 0 bridgehead atoms. The van der Waals surface area contributed by atoms with Crippen molar-refractivity contribution in [3.05, 3.63) is 11.6 Å². The molecule has 0 amide bonds. The summed E-state index contributed by atoms with van der Waals surface area (Å²) in [5, 5.41) is 2.68. The lowest BCUT2D eigenvalue weighted by molar-refractivity contribution is 0.397. The topological polar surface area (TPSA) is 16.1 Å². The van der Waals surface area contributed by atoms with E-state index < -0.39 is 12.8 Å². The molecule has 0 unspecified atom stereocenters. The first-order valence-corrected chi connectivity index (χ1v) is 5.80. The van der Waals surface area contributed by atoms with Crippen LogP contribution in [-0.4, -0.2) is 25.1 Å². The summed E-state index contributed by atoms with van der Waals surface area (Å²) in [5.41, 5.74) is 0. The molecule has 0 N–H and O–H groups in total. The van der Waals surface area contributed by atoms with Crippen LogP contribution in [0.3, 0.4) is 0 Å². The average Bonchev–Trinajstić information content (AvgIpc) is 2.69. The van der Waals surface area contributed by atoms with Crippen molar-refractivity contribution in [3.8, 4) is 0 Å². The number of anilines is 1. The van der Waals surface area contributed by atoms with E-state index in [1.165, 1.54) is 11.3 Å². The largest absolute Gasteiger partial charge is 0.481 e. The van der Waals surface area contributed by atoms with Crippen LogP contribution in [0.15, 0.2) is 11.6 Å². The fraction of sp³-hybridized carbons (Fsp3) is 0.625. The highest BCUT2D eigenvalue weighted by Crippen LogP contribution is 2.36. The molecule has 0 saturated carbocycles. The number of rotatable bonds is 2. The first-order chi connectivity index (χ1) is 7.07. The van der Waals surface area contributed by atoms with E-state index in [0.717, 1.165) is 5.13 Å². The van der Waals surface area contributed by atoms with E-state index in [1.54, 1.807) is 6.20 Å². The summed E-state index contributed by atoms with van der Waals surface area (Å²) in [6.07, 6.45) is 2.10. The summed E-state index contributed by atoms with van der Waals surface area (Å²) >= 11 is 1.48. The van der Waals surface area contributed by atoms with Crippen molar-refractivity contribution in [1.82, 2.24) is 4.98 Å². The molecule has 1 aromatic rings. The molecule has 0 radical (unpaired) electrons. The second kappa shape index (κ2) is 4.04. The van der Waals surface area contributed by atoms with Gasteiger partial charge < -0.3 is 17.8 Å². The van der Waals surface area contributed by atoms with Gasteiger partial charge >= 0.3 is 6.98 Å². The van der Waals surface area contributed by atoms with Gasteiger partial charge in [-0.15, -0.1) is 11.3 Å². The van der Waals surface area contributed by atoms with Crippen molar-refractivity contribution in [1.29, 1.82) is 0 Å². The SMILES string of the molecule is F[B-](F)(F)C1CCN(c2nccs2)CC1. The molecule has 1 aromatic heterocycles. The molecule has 1 aliphatic heterocycles. The lowest BCUT2D eigenvalue weighted by atomic mass is 9.67. The molecule has 7 heteroatoms. The number of hydrogen-bond acceptors (Lipinski definition) is 3. The van der Waals surface area contributed by atoms with Gasteiger partial charge in [-0.25, -0.2) is 4.98 Å². The van der Waals surface area contributed by atoms with Crippen molar-refractivity contribution < 1.29 is 12.9 Å². The van der Waals surface area contributed by atoms with Crippen LogP contribution in [0.25, 0.3) is 0 Å². The van der Waals surface area contributed by atoms with Gasteiger partial charge in [-0.3, -0.25) is 0 Å². The lowest BCUT2D eigenvalue weighted by Gasteiger charge is -2.36. The minimum atomic E-state index is -4.65. The minimum Gasteiger partial charge on any atom is -0.449 e. The molecule has 0 aliphatic carbocycles. The molecule has 15 heavy (non-hydrogen) atoms. The van der Waals surface area contributed by atoms with Crippen LogP contribution in [0.2, 0.25) is 5.82 Å². The molecule has 2 nitrogen and oxygen atoms in total. The molecule has 2 heterocycles. The number of nitrogens with zero attached hydrogens (tertiary/aromatic N) is 2. The third-order valence-electron chi connectivity index (χ3n) is 2.76. The van der Waals surface area contributed by atoms with Crippen LogP contribution in [0.5, 0.6) is 0 Å². The average molecular weight is 235 g/mol. The molecule has 1 fully saturated rings. The maximum Gasteiger partial charge on any atom is 0.481 e. The van der Waals surface area contributed by atoms with Gasteiger partial charge in [0.15, 0.2) is 5.13 Å². The number of halogens is 3. The zero-order valence-corrected chi connectivity index (χ0v) is 8.89. The molecule has 2 rings (SSSR count). The maximum atomic E-state index is 12.4. The Balaban J connectivity index is 1.93. The molecule has 0 spiro atoms. The molecular formula is C8H11BF3N2S-. The Morgan fingerprint density at radius 2 is 2.00 bits per heavy atom. The van der Waals surface area contributed by atoms with E-state index in [0.29, 0.717) is 13.1 Å². The van der Waals surface area contributed by atoms with Crippen molar-refractivity contribution in [2.24, 2.45) is 0 Å². The summed E-state index contributed by atoms with van der Waals surface area (Å²) < 4.78 is 37.3. The lowest BCUT2D eigenvalue weighted by Crippen LogP contribution is -2.38. The monoisotopic (exact) mass is 235 g/mol. The number of hydrogen-bond donors (Lipinski definition) is 0. The molecule has 1 aliphatic rings. The summed E-state index contributed by atoms with van der Waals surface area (Å²) in [7, 11) is 0. The van der Waals surface area contributed by atoms with Crippen molar-refractivity contribution in [3.63, 3.8) is 0 Å². The number of aromatic nitrogens is 1. The number of thiazole rings is 1. The van der Waals surface area contributed by atoms with Crippen LogP contribution in [0.4, 0.5) is 18.1 Å². The molecule has 0 aromatic carbocycles. The van der Waals surface area contributed by atoms with E-state index in [-0.39, 0.29) is 12.8 Å². The third kappa shape index (κ3) is 2.45. The van der Waals surface area contributed by atoms with Gasteiger partial charge in [0.2, 0.25) is 0 Å². The Kier molecular flexibility index (Phi) is 2.90.